The molecule has 2 rings (SSSR count). The van der Waals surface area contributed by atoms with Gasteiger partial charge in [0.1, 0.15) is 0 Å². The van der Waals surface area contributed by atoms with Crippen molar-refractivity contribution in [2.24, 2.45) is 11.7 Å². The SMILES string of the molecule is CC1CCN(C(CN)c2ccccc2C(F)(F)F)C(C)C1. The lowest BCUT2D eigenvalue weighted by Gasteiger charge is -2.42. The van der Waals surface area contributed by atoms with E-state index in [0.717, 1.165) is 25.5 Å². The molecule has 0 aromatic heterocycles. The number of alkyl halides is 3. The Bertz CT molecular complexity index is 473. The van der Waals surface area contributed by atoms with E-state index >= 15 is 0 Å². The first-order chi connectivity index (χ1) is 9.84. The van der Waals surface area contributed by atoms with Crippen LogP contribution in [0.1, 0.15) is 43.9 Å². The van der Waals surface area contributed by atoms with Gasteiger partial charge in [-0.1, -0.05) is 25.1 Å². The predicted molar refractivity (Wildman–Crippen MR) is 77.8 cm³/mol. The highest BCUT2D eigenvalue weighted by molar-refractivity contribution is 5.33. The number of halogens is 3. The molecular weight excluding hydrogens is 277 g/mol. The Balaban J connectivity index is 2.34. The van der Waals surface area contributed by atoms with Crippen molar-refractivity contribution >= 4 is 0 Å². The van der Waals surface area contributed by atoms with E-state index < -0.39 is 11.7 Å². The van der Waals surface area contributed by atoms with E-state index in [-0.39, 0.29) is 18.6 Å². The van der Waals surface area contributed by atoms with Gasteiger partial charge in [0, 0.05) is 18.6 Å². The molecule has 0 radical (unpaired) electrons. The molecule has 2 nitrogen and oxygen atoms in total. The van der Waals surface area contributed by atoms with E-state index in [2.05, 4.69) is 18.7 Å². The molecule has 0 aliphatic carbocycles. The van der Waals surface area contributed by atoms with Gasteiger partial charge in [-0.3, -0.25) is 4.90 Å². The van der Waals surface area contributed by atoms with E-state index in [1.807, 2.05) is 0 Å². The van der Waals surface area contributed by atoms with E-state index in [0.29, 0.717) is 11.5 Å². The maximum atomic E-state index is 13.2. The molecule has 3 unspecified atom stereocenters. The van der Waals surface area contributed by atoms with E-state index in [1.54, 1.807) is 12.1 Å². The highest BCUT2D eigenvalue weighted by Gasteiger charge is 2.37. The predicted octanol–water partition coefficient (Wildman–Crippen LogP) is 3.83. The van der Waals surface area contributed by atoms with Gasteiger partial charge in [0.05, 0.1) is 5.56 Å². The zero-order valence-electron chi connectivity index (χ0n) is 12.5. The fraction of sp³-hybridized carbons (Fsp3) is 0.625. The molecule has 0 amide bonds. The van der Waals surface area contributed by atoms with Gasteiger partial charge in [0.25, 0.3) is 0 Å². The van der Waals surface area contributed by atoms with Crippen LogP contribution in [-0.4, -0.2) is 24.0 Å². The van der Waals surface area contributed by atoms with Crippen LogP contribution in [0.15, 0.2) is 24.3 Å². The fourth-order valence-electron chi connectivity index (χ4n) is 3.38. The second-order valence-corrected chi connectivity index (χ2v) is 6.05. The Kier molecular flexibility index (Phi) is 4.94. The van der Waals surface area contributed by atoms with Crippen molar-refractivity contribution in [3.8, 4) is 0 Å². The first-order valence-electron chi connectivity index (χ1n) is 7.46. The second kappa shape index (κ2) is 6.36. The highest BCUT2D eigenvalue weighted by Crippen LogP contribution is 2.38. The summed E-state index contributed by atoms with van der Waals surface area (Å²) >= 11 is 0. The van der Waals surface area contributed by atoms with Crippen molar-refractivity contribution in [3.63, 3.8) is 0 Å². The Morgan fingerprint density at radius 3 is 2.52 bits per heavy atom. The van der Waals surface area contributed by atoms with Gasteiger partial charge in [0.15, 0.2) is 0 Å². The maximum absolute atomic E-state index is 13.2. The Labute approximate surface area is 124 Å². The number of hydrogen-bond acceptors (Lipinski definition) is 2. The lowest BCUT2D eigenvalue weighted by Crippen LogP contribution is -2.45. The summed E-state index contributed by atoms with van der Waals surface area (Å²) in [5.74, 6) is 0.618. The molecule has 1 aliphatic rings. The minimum Gasteiger partial charge on any atom is -0.329 e. The summed E-state index contributed by atoms with van der Waals surface area (Å²) in [4.78, 5) is 2.13. The summed E-state index contributed by atoms with van der Waals surface area (Å²) in [7, 11) is 0. The molecule has 1 aliphatic heterocycles. The lowest BCUT2D eigenvalue weighted by molar-refractivity contribution is -0.139. The minimum atomic E-state index is -4.34. The lowest BCUT2D eigenvalue weighted by atomic mass is 9.89. The van der Waals surface area contributed by atoms with Crippen LogP contribution in [0.5, 0.6) is 0 Å². The molecule has 21 heavy (non-hydrogen) atoms. The van der Waals surface area contributed by atoms with Crippen LogP contribution in [0, 0.1) is 5.92 Å². The smallest absolute Gasteiger partial charge is 0.329 e. The second-order valence-electron chi connectivity index (χ2n) is 6.05. The van der Waals surface area contributed by atoms with Gasteiger partial charge in [-0.05, 0) is 43.9 Å². The van der Waals surface area contributed by atoms with Crippen LogP contribution < -0.4 is 5.73 Å². The van der Waals surface area contributed by atoms with Crippen molar-refractivity contribution in [3.05, 3.63) is 35.4 Å². The van der Waals surface area contributed by atoms with Crippen molar-refractivity contribution in [2.75, 3.05) is 13.1 Å². The average Bonchev–Trinajstić information content (AvgIpc) is 2.41. The van der Waals surface area contributed by atoms with Crippen LogP contribution in [-0.2, 0) is 6.18 Å². The summed E-state index contributed by atoms with van der Waals surface area (Å²) in [6, 6.07) is 5.68. The van der Waals surface area contributed by atoms with Crippen molar-refractivity contribution in [1.29, 1.82) is 0 Å². The number of rotatable bonds is 3. The third kappa shape index (κ3) is 3.58. The Morgan fingerprint density at radius 2 is 1.95 bits per heavy atom. The number of nitrogens with two attached hydrogens (primary N) is 1. The van der Waals surface area contributed by atoms with Gasteiger partial charge in [-0.25, -0.2) is 0 Å². The normalized spacial score (nSPS) is 25.8. The number of likely N-dealkylation sites (tertiary alicyclic amines) is 1. The zero-order chi connectivity index (χ0) is 15.6. The highest BCUT2D eigenvalue weighted by atomic mass is 19.4. The molecule has 2 N–H and O–H groups in total. The number of piperidine rings is 1. The van der Waals surface area contributed by atoms with Crippen LogP contribution in [0.25, 0.3) is 0 Å². The van der Waals surface area contributed by atoms with Gasteiger partial charge in [-0.2, -0.15) is 13.2 Å². The third-order valence-electron chi connectivity index (χ3n) is 4.44. The third-order valence-corrected chi connectivity index (χ3v) is 4.44. The maximum Gasteiger partial charge on any atom is 0.416 e. The molecule has 3 atom stereocenters. The van der Waals surface area contributed by atoms with E-state index in [4.69, 9.17) is 5.73 Å². The standard InChI is InChI=1S/C16H23F3N2/c1-11-7-8-21(12(2)9-11)15(10-20)13-5-3-4-6-14(13)16(17,18)19/h3-6,11-12,15H,7-10,20H2,1-2H3. The first kappa shape index (κ1) is 16.3. The van der Waals surface area contributed by atoms with E-state index in [1.165, 1.54) is 6.07 Å². The molecule has 1 saturated heterocycles. The van der Waals surface area contributed by atoms with Gasteiger partial charge in [0.2, 0.25) is 0 Å². The molecule has 0 bridgehead atoms. The van der Waals surface area contributed by atoms with Crippen molar-refractivity contribution in [2.45, 2.75) is 44.9 Å². The zero-order valence-corrected chi connectivity index (χ0v) is 12.5. The molecular formula is C16H23F3N2. The molecule has 1 fully saturated rings. The topological polar surface area (TPSA) is 29.3 Å². The monoisotopic (exact) mass is 300 g/mol. The molecule has 5 heteroatoms. The summed E-state index contributed by atoms with van der Waals surface area (Å²) in [5, 5.41) is 0. The van der Waals surface area contributed by atoms with Gasteiger partial charge >= 0.3 is 6.18 Å². The number of benzene rings is 1. The largest absolute Gasteiger partial charge is 0.416 e. The molecule has 0 saturated carbocycles. The quantitative estimate of drug-likeness (QED) is 0.919. The van der Waals surface area contributed by atoms with Crippen LogP contribution in [0.3, 0.4) is 0 Å². The molecule has 118 valence electrons. The summed E-state index contributed by atoms with van der Waals surface area (Å²) in [5.41, 5.74) is 5.57. The van der Waals surface area contributed by atoms with E-state index in [9.17, 15) is 13.2 Å². The van der Waals surface area contributed by atoms with Crippen molar-refractivity contribution in [1.82, 2.24) is 4.90 Å². The van der Waals surface area contributed by atoms with Crippen LogP contribution >= 0.6 is 0 Å². The average molecular weight is 300 g/mol. The summed E-state index contributed by atoms with van der Waals surface area (Å²) in [6.07, 6.45) is -2.32. The van der Waals surface area contributed by atoms with Crippen LogP contribution in [0.2, 0.25) is 0 Å². The summed E-state index contributed by atoms with van der Waals surface area (Å²) in [6.45, 7) is 5.27. The Hall–Kier alpha value is -1.07. The Morgan fingerprint density at radius 1 is 1.29 bits per heavy atom. The number of hydrogen-bond donors (Lipinski definition) is 1. The summed E-state index contributed by atoms with van der Waals surface area (Å²) < 4.78 is 39.6. The molecule has 0 spiro atoms. The fourth-order valence-corrected chi connectivity index (χ4v) is 3.38. The first-order valence-corrected chi connectivity index (χ1v) is 7.46. The molecule has 1 heterocycles. The van der Waals surface area contributed by atoms with Crippen molar-refractivity contribution < 1.29 is 13.2 Å². The van der Waals surface area contributed by atoms with Crippen LogP contribution in [0.4, 0.5) is 13.2 Å². The van der Waals surface area contributed by atoms with Gasteiger partial charge < -0.3 is 5.73 Å². The molecule has 1 aromatic carbocycles. The number of nitrogens with zero attached hydrogens (tertiary/aromatic N) is 1. The van der Waals surface area contributed by atoms with Gasteiger partial charge in [-0.15, -0.1) is 0 Å². The minimum absolute atomic E-state index is 0.200. The molecule has 1 aromatic rings.